The molecular weight excluding hydrogens is 264 g/mol. The second-order valence-corrected chi connectivity index (χ2v) is 5.84. The van der Waals surface area contributed by atoms with E-state index in [9.17, 15) is 4.79 Å². The van der Waals surface area contributed by atoms with Crippen molar-refractivity contribution in [3.63, 3.8) is 0 Å². The number of piperazine rings is 1. The van der Waals surface area contributed by atoms with Gasteiger partial charge in [0, 0.05) is 32.8 Å². The molecule has 4 nitrogen and oxygen atoms in total. The molecular formula is C17H26N2O2. The zero-order valence-corrected chi connectivity index (χ0v) is 13.3. The summed E-state index contributed by atoms with van der Waals surface area (Å²) in [5.41, 5.74) is 2.19. The summed E-state index contributed by atoms with van der Waals surface area (Å²) in [4.78, 5) is 17.0. The van der Waals surface area contributed by atoms with Gasteiger partial charge in [-0.25, -0.2) is 0 Å². The van der Waals surface area contributed by atoms with Crippen molar-refractivity contribution in [3.8, 4) is 0 Å². The summed E-state index contributed by atoms with van der Waals surface area (Å²) in [5.74, 6) is 0.240. The van der Waals surface area contributed by atoms with Gasteiger partial charge in [-0.2, -0.15) is 0 Å². The Morgan fingerprint density at radius 1 is 1.33 bits per heavy atom. The van der Waals surface area contributed by atoms with Crippen LogP contribution in [-0.2, 0) is 22.6 Å². The molecule has 1 heterocycles. The first-order valence-electron chi connectivity index (χ1n) is 7.68. The smallest absolute Gasteiger partial charge is 0.227 e. The van der Waals surface area contributed by atoms with Gasteiger partial charge in [0.05, 0.1) is 13.0 Å². The van der Waals surface area contributed by atoms with Gasteiger partial charge in [-0.1, -0.05) is 31.2 Å². The fourth-order valence-electron chi connectivity index (χ4n) is 2.96. The van der Waals surface area contributed by atoms with Gasteiger partial charge in [0.25, 0.3) is 0 Å². The lowest BCUT2D eigenvalue weighted by atomic mass is 10.0. The first kappa shape index (κ1) is 16.0. The Bertz CT molecular complexity index is 476. The van der Waals surface area contributed by atoms with Crippen LogP contribution in [0.3, 0.4) is 0 Å². The summed E-state index contributed by atoms with van der Waals surface area (Å²) in [6.45, 7) is 5.53. The molecule has 1 aromatic rings. The van der Waals surface area contributed by atoms with Crippen molar-refractivity contribution in [1.82, 2.24) is 9.80 Å². The lowest BCUT2D eigenvalue weighted by Crippen LogP contribution is -2.54. The predicted octanol–water partition coefficient (Wildman–Crippen LogP) is 1.93. The second-order valence-electron chi connectivity index (χ2n) is 5.84. The van der Waals surface area contributed by atoms with Crippen LogP contribution in [0.5, 0.6) is 0 Å². The predicted molar refractivity (Wildman–Crippen MR) is 84.1 cm³/mol. The number of amides is 1. The minimum Gasteiger partial charge on any atom is -0.380 e. The maximum atomic E-state index is 12.6. The van der Waals surface area contributed by atoms with Gasteiger partial charge in [-0.15, -0.1) is 0 Å². The van der Waals surface area contributed by atoms with Crippen LogP contribution in [0.15, 0.2) is 24.3 Å². The van der Waals surface area contributed by atoms with Crippen LogP contribution in [0.1, 0.15) is 24.5 Å². The summed E-state index contributed by atoms with van der Waals surface area (Å²) in [6, 6.07) is 8.46. The van der Waals surface area contributed by atoms with E-state index in [1.807, 2.05) is 18.2 Å². The highest BCUT2D eigenvalue weighted by atomic mass is 16.5. The summed E-state index contributed by atoms with van der Waals surface area (Å²) in [7, 11) is 3.81. The SMILES string of the molecule is CCC1CN(C)CCN1C(=O)Cc1cccc(COC)c1. The van der Waals surface area contributed by atoms with E-state index in [0.29, 0.717) is 19.1 Å². The lowest BCUT2D eigenvalue weighted by Gasteiger charge is -2.39. The van der Waals surface area contributed by atoms with Crippen LogP contribution < -0.4 is 0 Å². The fraction of sp³-hybridized carbons (Fsp3) is 0.588. The van der Waals surface area contributed by atoms with Crippen LogP contribution >= 0.6 is 0 Å². The first-order valence-corrected chi connectivity index (χ1v) is 7.68. The Morgan fingerprint density at radius 3 is 2.81 bits per heavy atom. The first-order chi connectivity index (χ1) is 10.1. The number of ether oxygens (including phenoxy) is 1. The molecule has 21 heavy (non-hydrogen) atoms. The average molecular weight is 290 g/mol. The summed E-state index contributed by atoms with van der Waals surface area (Å²) in [6.07, 6.45) is 1.50. The number of hydrogen-bond acceptors (Lipinski definition) is 3. The number of nitrogens with zero attached hydrogens (tertiary/aromatic N) is 2. The van der Waals surface area contributed by atoms with Gasteiger partial charge in [-0.05, 0) is 24.6 Å². The van der Waals surface area contributed by atoms with E-state index < -0.39 is 0 Å². The average Bonchev–Trinajstić information content (AvgIpc) is 2.47. The molecule has 2 rings (SSSR count). The summed E-state index contributed by atoms with van der Waals surface area (Å²) < 4.78 is 5.15. The molecule has 1 atom stereocenters. The van der Waals surface area contributed by atoms with Crippen molar-refractivity contribution in [2.75, 3.05) is 33.8 Å². The molecule has 1 aromatic carbocycles. The Labute approximate surface area is 127 Å². The van der Waals surface area contributed by atoms with Crippen molar-refractivity contribution in [2.45, 2.75) is 32.4 Å². The molecule has 0 aromatic heterocycles. The minimum atomic E-state index is 0.240. The van der Waals surface area contributed by atoms with E-state index >= 15 is 0 Å². The molecule has 1 aliphatic heterocycles. The fourth-order valence-corrected chi connectivity index (χ4v) is 2.96. The van der Waals surface area contributed by atoms with E-state index in [-0.39, 0.29) is 5.91 Å². The molecule has 0 radical (unpaired) electrons. The van der Waals surface area contributed by atoms with Crippen molar-refractivity contribution < 1.29 is 9.53 Å². The van der Waals surface area contributed by atoms with E-state index in [1.165, 1.54) is 0 Å². The highest BCUT2D eigenvalue weighted by molar-refractivity contribution is 5.79. The summed E-state index contributed by atoms with van der Waals surface area (Å²) in [5, 5.41) is 0. The highest BCUT2D eigenvalue weighted by Crippen LogP contribution is 2.15. The third kappa shape index (κ3) is 4.29. The zero-order valence-electron chi connectivity index (χ0n) is 13.3. The number of hydrogen-bond donors (Lipinski definition) is 0. The van der Waals surface area contributed by atoms with E-state index in [2.05, 4.69) is 29.8 Å². The Balaban J connectivity index is 2.01. The topological polar surface area (TPSA) is 32.8 Å². The third-order valence-corrected chi connectivity index (χ3v) is 4.14. The molecule has 1 unspecified atom stereocenters. The highest BCUT2D eigenvalue weighted by Gasteiger charge is 2.27. The van der Waals surface area contributed by atoms with Crippen molar-refractivity contribution >= 4 is 5.91 Å². The maximum Gasteiger partial charge on any atom is 0.227 e. The van der Waals surface area contributed by atoms with Crippen molar-refractivity contribution in [2.24, 2.45) is 0 Å². The monoisotopic (exact) mass is 290 g/mol. The maximum absolute atomic E-state index is 12.6. The molecule has 0 N–H and O–H groups in total. The third-order valence-electron chi connectivity index (χ3n) is 4.14. The zero-order chi connectivity index (χ0) is 15.2. The van der Waals surface area contributed by atoms with E-state index in [4.69, 9.17) is 4.74 Å². The largest absolute Gasteiger partial charge is 0.380 e. The number of likely N-dealkylation sites (N-methyl/N-ethyl adjacent to an activating group) is 1. The standard InChI is InChI=1S/C17H26N2O2/c1-4-16-12-18(2)8-9-19(16)17(20)11-14-6-5-7-15(10-14)13-21-3/h5-7,10,16H,4,8-9,11-13H2,1-3H3. The Morgan fingerprint density at radius 2 is 2.10 bits per heavy atom. The molecule has 0 aliphatic carbocycles. The van der Waals surface area contributed by atoms with Gasteiger partial charge in [0.15, 0.2) is 0 Å². The van der Waals surface area contributed by atoms with Crippen LogP contribution in [0.25, 0.3) is 0 Å². The van der Waals surface area contributed by atoms with Crippen molar-refractivity contribution in [1.29, 1.82) is 0 Å². The molecule has 1 saturated heterocycles. The van der Waals surface area contributed by atoms with Gasteiger partial charge in [0.2, 0.25) is 5.91 Å². The Hall–Kier alpha value is -1.39. The van der Waals surface area contributed by atoms with Crippen LogP contribution in [0.2, 0.25) is 0 Å². The molecule has 0 spiro atoms. The second kappa shape index (κ2) is 7.57. The number of benzene rings is 1. The minimum absolute atomic E-state index is 0.240. The Kier molecular flexibility index (Phi) is 5.76. The van der Waals surface area contributed by atoms with E-state index in [1.54, 1.807) is 7.11 Å². The van der Waals surface area contributed by atoms with Gasteiger partial charge < -0.3 is 14.5 Å². The lowest BCUT2D eigenvalue weighted by molar-refractivity contribution is -0.135. The van der Waals surface area contributed by atoms with Crippen molar-refractivity contribution in [3.05, 3.63) is 35.4 Å². The molecule has 1 aliphatic rings. The van der Waals surface area contributed by atoms with Gasteiger partial charge in [-0.3, -0.25) is 4.79 Å². The van der Waals surface area contributed by atoms with Gasteiger partial charge in [0.1, 0.15) is 0 Å². The number of rotatable bonds is 5. The molecule has 116 valence electrons. The molecule has 1 amide bonds. The number of methoxy groups -OCH3 is 1. The van der Waals surface area contributed by atoms with Gasteiger partial charge >= 0.3 is 0 Å². The number of carbonyl (C=O) groups is 1. The molecule has 1 fully saturated rings. The quantitative estimate of drug-likeness (QED) is 0.830. The molecule has 0 saturated carbocycles. The number of carbonyl (C=O) groups excluding carboxylic acids is 1. The summed E-state index contributed by atoms with van der Waals surface area (Å²) >= 11 is 0. The normalized spacial score (nSPS) is 19.8. The van der Waals surface area contributed by atoms with E-state index in [0.717, 1.165) is 37.2 Å². The molecule has 0 bridgehead atoms. The van der Waals surface area contributed by atoms with Crippen LogP contribution in [0.4, 0.5) is 0 Å². The molecule has 4 heteroatoms. The van der Waals surface area contributed by atoms with Crippen LogP contribution in [0, 0.1) is 0 Å². The van der Waals surface area contributed by atoms with Crippen LogP contribution in [-0.4, -0.2) is 55.5 Å².